The molecule has 0 aromatic rings. The summed E-state index contributed by atoms with van der Waals surface area (Å²) < 4.78 is 0. The lowest BCUT2D eigenvalue weighted by atomic mass is 10.2. The Morgan fingerprint density at radius 2 is 1.88 bits per heavy atom. The van der Waals surface area contributed by atoms with Crippen molar-refractivity contribution < 1.29 is 0 Å². The zero-order valence-corrected chi connectivity index (χ0v) is 6.44. The maximum atomic E-state index is 2.25. The van der Waals surface area contributed by atoms with Crippen LogP contribution in [-0.2, 0) is 0 Å². The largest absolute Gasteiger partial charge is 0.307 e. The Bertz CT molecular complexity index is 50.3. The number of hydrogen-bond donors (Lipinski definition) is 0. The Balaban J connectivity index is 3.17. The predicted molar refractivity (Wildman–Crippen MR) is 38.1 cm³/mol. The van der Waals surface area contributed by atoms with Gasteiger partial charge in [-0.15, -0.1) is 0 Å². The van der Waals surface area contributed by atoms with E-state index < -0.39 is 0 Å². The molecule has 0 aliphatic rings. The molecule has 0 aliphatic carbocycles. The zero-order valence-electron chi connectivity index (χ0n) is 6.44. The van der Waals surface area contributed by atoms with Crippen LogP contribution in [0.2, 0.25) is 0 Å². The minimum Gasteiger partial charge on any atom is -0.307 e. The Kier molecular flexibility index (Phi) is 3.88. The molecule has 0 unspecified atom stereocenters. The quantitative estimate of drug-likeness (QED) is 0.541. The molecule has 0 bridgehead atoms. The van der Waals surface area contributed by atoms with Crippen LogP contribution in [0.25, 0.3) is 0 Å². The maximum Gasteiger partial charge on any atom is 0.00607 e. The van der Waals surface area contributed by atoms with Gasteiger partial charge in [0.1, 0.15) is 0 Å². The molecule has 0 radical (unpaired) electrons. The standard InChI is InChI=1S/C7H17N/c1-5-6-7(2)8(3)4/h7H,5-6H2,1-4H3/t7-/m1/s1. The minimum atomic E-state index is 0.750. The summed E-state index contributed by atoms with van der Waals surface area (Å²) in [4.78, 5) is 2.25. The van der Waals surface area contributed by atoms with E-state index in [1.165, 1.54) is 12.8 Å². The van der Waals surface area contributed by atoms with Gasteiger partial charge < -0.3 is 4.90 Å². The molecule has 0 aromatic heterocycles. The normalized spacial score (nSPS) is 14.6. The Morgan fingerprint density at radius 1 is 1.38 bits per heavy atom. The Labute approximate surface area is 52.7 Å². The van der Waals surface area contributed by atoms with E-state index >= 15 is 0 Å². The molecule has 0 N–H and O–H groups in total. The van der Waals surface area contributed by atoms with Gasteiger partial charge in [0, 0.05) is 6.04 Å². The number of nitrogens with zero attached hydrogens (tertiary/aromatic N) is 1. The fourth-order valence-corrected chi connectivity index (χ4v) is 0.676. The van der Waals surface area contributed by atoms with Gasteiger partial charge in [0.25, 0.3) is 0 Å². The topological polar surface area (TPSA) is 3.24 Å². The average molecular weight is 115 g/mol. The Hall–Kier alpha value is -0.0400. The molecule has 0 saturated heterocycles. The van der Waals surface area contributed by atoms with Gasteiger partial charge in [0.15, 0.2) is 0 Å². The van der Waals surface area contributed by atoms with Crippen LogP contribution in [0, 0.1) is 0 Å². The van der Waals surface area contributed by atoms with Crippen molar-refractivity contribution in [1.82, 2.24) is 4.90 Å². The molecule has 0 amide bonds. The average Bonchev–Trinajstić information content (AvgIpc) is 1.67. The molecule has 0 aromatic carbocycles. The smallest absolute Gasteiger partial charge is 0.00607 e. The molecular weight excluding hydrogens is 98.1 g/mol. The summed E-state index contributed by atoms with van der Waals surface area (Å²) in [6.45, 7) is 4.48. The highest BCUT2D eigenvalue weighted by Crippen LogP contribution is 1.99. The van der Waals surface area contributed by atoms with E-state index in [9.17, 15) is 0 Å². The molecule has 0 saturated carbocycles. The fourth-order valence-electron chi connectivity index (χ4n) is 0.676. The lowest BCUT2D eigenvalue weighted by molar-refractivity contribution is 0.297. The second kappa shape index (κ2) is 3.90. The van der Waals surface area contributed by atoms with Crippen molar-refractivity contribution in [1.29, 1.82) is 0 Å². The first-order valence-electron chi connectivity index (χ1n) is 3.35. The summed E-state index contributed by atoms with van der Waals surface area (Å²) in [7, 11) is 4.25. The van der Waals surface area contributed by atoms with Crippen molar-refractivity contribution in [2.45, 2.75) is 32.7 Å². The fraction of sp³-hybridized carbons (Fsp3) is 1.00. The van der Waals surface area contributed by atoms with Crippen molar-refractivity contribution in [2.75, 3.05) is 14.1 Å². The first kappa shape index (κ1) is 7.96. The van der Waals surface area contributed by atoms with Crippen LogP contribution in [-0.4, -0.2) is 25.0 Å². The molecule has 0 fully saturated rings. The summed E-state index contributed by atoms with van der Waals surface area (Å²) >= 11 is 0. The van der Waals surface area contributed by atoms with E-state index in [1.54, 1.807) is 0 Å². The monoisotopic (exact) mass is 115 g/mol. The van der Waals surface area contributed by atoms with E-state index in [4.69, 9.17) is 0 Å². The van der Waals surface area contributed by atoms with Crippen molar-refractivity contribution >= 4 is 0 Å². The third-order valence-corrected chi connectivity index (χ3v) is 1.59. The molecule has 1 heteroatoms. The first-order chi connectivity index (χ1) is 3.68. The van der Waals surface area contributed by atoms with Gasteiger partial charge in [-0.1, -0.05) is 13.3 Å². The second-order valence-electron chi connectivity index (χ2n) is 2.60. The summed E-state index contributed by atoms with van der Waals surface area (Å²) in [6.07, 6.45) is 2.60. The van der Waals surface area contributed by atoms with Gasteiger partial charge >= 0.3 is 0 Å². The van der Waals surface area contributed by atoms with Gasteiger partial charge in [0.05, 0.1) is 0 Å². The molecule has 50 valence electrons. The molecule has 0 aliphatic heterocycles. The van der Waals surface area contributed by atoms with E-state index in [0.717, 1.165) is 6.04 Å². The van der Waals surface area contributed by atoms with Gasteiger partial charge in [-0.2, -0.15) is 0 Å². The van der Waals surface area contributed by atoms with Gasteiger partial charge in [0.2, 0.25) is 0 Å². The highest BCUT2D eigenvalue weighted by Gasteiger charge is 1.99. The maximum absolute atomic E-state index is 2.25. The third kappa shape index (κ3) is 3.03. The van der Waals surface area contributed by atoms with Crippen LogP contribution in [0.1, 0.15) is 26.7 Å². The van der Waals surface area contributed by atoms with Crippen LogP contribution in [0.4, 0.5) is 0 Å². The van der Waals surface area contributed by atoms with Gasteiger partial charge in [-0.05, 0) is 27.4 Å². The lowest BCUT2D eigenvalue weighted by Crippen LogP contribution is -2.23. The van der Waals surface area contributed by atoms with Crippen molar-refractivity contribution in [2.24, 2.45) is 0 Å². The summed E-state index contributed by atoms with van der Waals surface area (Å²) in [5, 5.41) is 0. The summed E-state index contributed by atoms with van der Waals surface area (Å²) in [6, 6.07) is 0.750. The van der Waals surface area contributed by atoms with Crippen LogP contribution in [0.5, 0.6) is 0 Å². The van der Waals surface area contributed by atoms with E-state index in [2.05, 4.69) is 32.8 Å². The second-order valence-corrected chi connectivity index (χ2v) is 2.60. The summed E-state index contributed by atoms with van der Waals surface area (Å²) in [5.41, 5.74) is 0. The molecule has 1 nitrogen and oxygen atoms in total. The van der Waals surface area contributed by atoms with Crippen LogP contribution < -0.4 is 0 Å². The molecule has 1 atom stereocenters. The Morgan fingerprint density at radius 3 is 2.00 bits per heavy atom. The van der Waals surface area contributed by atoms with Crippen LogP contribution in [0.3, 0.4) is 0 Å². The highest BCUT2D eigenvalue weighted by atomic mass is 15.1. The SMILES string of the molecule is CCC[C@@H](C)N(C)C. The number of hydrogen-bond acceptors (Lipinski definition) is 1. The van der Waals surface area contributed by atoms with E-state index in [-0.39, 0.29) is 0 Å². The predicted octanol–water partition coefficient (Wildman–Crippen LogP) is 1.74. The number of rotatable bonds is 3. The van der Waals surface area contributed by atoms with Crippen LogP contribution >= 0.6 is 0 Å². The zero-order chi connectivity index (χ0) is 6.57. The molecule has 0 heterocycles. The van der Waals surface area contributed by atoms with Crippen molar-refractivity contribution in [3.63, 3.8) is 0 Å². The van der Waals surface area contributed by atoms with Crippen molar-refractivity contribution in [3.05, 3.63) is 0 Å². The summed E-state index contributed by atoms with van der Waals surface area (Å²) in [5.74, 6) is 0. The van der Waals surface area contributed by atoms with Crippen LogP contribution in [0.15, 0.2) is 0 Å². The van der Waals surface area contributed by atoms with E-state index in [1.807, 2.05) is 0 Å². The van der Waals surface area contributed by atoms with Gasteiger partial charge in [-0.25, -0.2) is 0 Å². The molecule has 0 rings (SSSR count). The lowest BCUT2D eigenvalue weighted by Gasteiger charge is -2.17. The first-order valence-corrected chi connectivity index (χ1v) is 3.35. The third-order valence-electron chi connectivity index (χ3n) is 1.59. The molecule has 0 spiro atoms. The highest BCUT2D eigenvalue weighted by molar-refractivity contribution is 4.56. The van der Waals surface area contributed by atoms with Crippen molar-refractivity contribution in [3.8, 4) is 0 Å². The molecular formula is C7H17N. The minimum absolute atomic E-state index is 0.750. The van der Waals surface area contributed by atoms with E-state index in [0.29, 0.717) is 0 Å². The van der Waals surface area contributed by atoms with Gasteiger partial charge in [-0.3, -0.25) is 0 Å². The molecule has 8 heavy (non-hydrogen) atoms.